The minimum Gasteiger partial charge on any atom is -0.374 e. The number of H-pyrrole nitrogens is 1. The Morgan fingerprint density at radius 2 is 2.10 bits per heavy atom. The number of pyridine rings is 1. The first-order valence-corrected chi connectivity index (χ1v) is 7.20. The molecule has 0 atom stereocenters. The lowest BCUT2D eigenvalue weighted by atomic mass is 10.1. The third-order valence-electron chi connectivity index (χ3n) is 3.19. The summed E-state index contributed by atoms with van der Waals surface area (Å²) in [5, 5.41) is 2.23. The predicted octanol–water partition coefficient (Wildman–Crippen LogP) is 3.89. The maximum atomic E-state index is 5.40. The van der Waals surface area contributed by atoms with Crippen LogP contribution in [0.15, 0.2) is 42.7 Å². The fourth-order valence-electron chi connectivity index (χ4n) is 2.25. The van der Waals surface area contributed by atoms with Gasteiger partial charge in [0, 0.05) is 30.0 Å². The molecule has 0 unspecified atom stereocenters. The normalized spacial score (nSPS) is 10.9. The highest BCUT2D eigenvalue weighted by atomic mass is 32.1. The van der Waals surface area contributed by atoms with Crippen LogP contribution in [0, 0.1) is 4.64 Å². The van der Waals surface area contributed by atoms with E-state index >= 15 is 0 Å². The van der Waals surface area contributed by atoms with Crippen molar-refractivity contribution in [1.82, 2.24) is 15.0 Å². The van der Waals surface area contributed by atoms with Crippen LogP contribution in [0.4, 0.5) is 0 Å². The minimum absolute atomic E-state index is 0.423. The molecule has 21 heavy (non-hydrogen) atoms. The Hall–Kier alpha value is -2.11. The number of nitrogens with zero attached hydrogens (tertiary/aromatic N) is 2. The Morgan fingerprint density at radius 1 is 1.24 bits per heavy atom. The second-order valence-corrected chi connectivity index (χ2v) is 5.04. The van der Waals surface area contributed by atoms with E-state index in [0.29, 0.717) is 17.9 Å². The molecule has 0 bridgehead atoms. The van der Waals surface area contributed by atoms with E-state index in [-0.39, 0.29) is 0 Å². The number of fused-ring (bicyclic) bond motifs is 1. The highest BCUT2D eigenvalue weighted by Gasteiger charge is 2.06. The second-order valence-electron chi connectivity index (χ2n) is 4.63. The Labute approximate surface area is 127 Å². The summed E-state index contributed by atoms with van der Waals surface area (Å²) in [7, 11) is 0. The van der Waals surface area contributed by atoms with Crippen LogP contribution in [0.5, 0.6) is 0 Å². The lowest BCUT2D eigenvalue weighted by molar-refractivity contribution is 0.128. The first-order chi connectivity index (χ1) is 10.3. The highest BCUT2D eigenvalue weighted by Crippen LogP contribution is 2.26. The summed E-state index contributed by atoms with van der Waals surface area (Å²) in [6.07, 6.45) is 3.70. The zero-order chi connectivity index (χ0) is 14.7. The smallest absolute Gasteiger partial charge is 0.134 e. The molecule has 0 aliphatic carbocycles. The van der Waals surface area contributed by atoms with E-state index in [4.69, 9.17) is 17.0 Å². The Bertz CT molecular complexity index is 824. The van der Waals surface area contributed by atoms with Crippen molar-refractivity contribution in [3.05, 3.63) is 53.2 Å². The summed E-state index contributed by atoms with van der Waals surface area (Å²) in [5.41, 5.74) is 1.92. The number of nitrogens with one attached hydrogen (secondary N) is 1. The molecule has 0 radical (unpaired) electrons. The molecule has 3 rings (SSSR count). The van der Waals surface area contributed by atoms with Gasteiger partial charge in [-0.25, -0.2) is 4.98 Å². The standard InChI is InChI=1S/C16H15N3OS/c1-2-20-10-15-18-14(7-16(21)19-15)13-9-17-8-11-5-3-4-6-12(11)13/h3-9H,2,10H2,1H3,(H,18,19,21). The van der Waals surface area contributed by atoms with Gasteiger partial charge in [-0.05, 0) is 18.4 Å². The number of rotatable bonds is 4. The topological polar surface area (TPSA) is 50.8 Å². The molecule has 0 aliphatic rings. The molecule has 0 fully saturated rings. The molecule has 2 heterocycles. The zero-order valence-corrected chi connectivity index (χ0v) is 12.5. The van der Waals surface area contributed by atoms with Gasteiger partial charge < -0.3 is 9.72 Å². The highest BCUT2D eigenvalue weighted by molar-refractivity contribution is 7.71. The van der Waals surface area contributed by atoms with Gasteiger partial charge >= 0.3 is 0 Å². The molecular weight excluding hydrogens is 282 g/mol. The van der Waals surface area contributed by atoms with E-state index in [1.807, 2.05) is 43.6 Å². The third kappa shape index (κ3) is 2.99. The molecule has 5 heteroatoms. The lowest BCUT2D eigenvalue weighted by Gasteiger charge is -2.08. The summed E-state index contributed by atoms with van der Waals surface area (Å²) in [6.45, 7) is 3.02. The van der Waals surface area contributed by atoms with Crippen molar-refractivity contribution in [2.75, 3.05) is 6.61 Å². The van der Waals surface area contributed by atoms with Gasteiger partial charge in [0.15, 0.2) is 0 Å². The molecule has 1 aromatic carbocycles. The van der Waals surface area contributed by atoms with Crippen LogP contribution in [0.1, 0.15) is 12.7 Å². The molecule has 0 amide bonds. The molecule has 3 aromatic rings. The molecule has 0 aliphatic heterocycles. The van der Waals surface area contributed by atoms with Gasteiger partial charge in [-0.1, -0.05) is 36.5 Å². The Morgan fingerprint density at radius 3 is 2.95 bits per heavy atom. The zero-order valence-electron chi connectivity index (χ0n) is 11.7. The SMILES string of the molecule is CCOCc1nc(=S)cc(-c2cncc3ccccc23)[nH]1. The summed E-state index contributed by atoms with van der Waals surface area (Å²) >= 11 is 5.25. The largest absolute Gasteiger partial charge is 0.374 e. The number of hydrogen-bond acceptors (Lipinski definition) is 4. The van der Waals surface area contributed by atoms with Crippen LogP contribution in [0.3, 0.4) is 0 Å². The lowest BCUT2D eigenvalue weighted by Crippen LogP contribution is -2.01. The van der Waals surface area contributed by atoms with Crippen LogP contribution < -0.4 is 0 Å². The van der Waals surface area contributed by atoms with E-state index in [1.165, 1.54) is 0 Å². The van der Waals surface area contributed by atoms with Gasteiger partial charge in [0.1, 0.15) is 17.1 Å². The van der Waals surface area contributed by atoms with Crippen molar-refractivity contribution >= 4 is 23.0 Å². The van der Waals surface area contributed by atoms with Crippen molar-refractivity contribution in [1.29, 1.82) is 0 Å². The molecular formula is C16H15N3OS. The third-order valence-corrected chi connectivity index (χ3v) is 3.40. The van der Waals surface area contributed by atoms with E-state index in [0.717, 1.165) is 27.9 Å². The van der Waals surface area contributed by atoms with Crippen LogP contribution in [-0.2, 0) is 11.3 Å². The number of aromatic amines is 1. The average Bonchev–Trinajstić information content (AvgIpc) is 2.52. The van der Waals surface area contributed by atoms with Gasteiger partial charge in [-0.2, -0.15) is 0 Å². The second kappa shape index (κ2) is 6.11. The van der Waals surface area contributed by atoms with E-state index in [2.05, 4.69) is 21.0 Å². The fourth-order valence-corrected chi connectivity index (χ4v) is 2.48. The van der Waals surface area contributed by atoms with Crippen LogP contribution in [0.2, 0.25) is 0 Å². The number of hydrogen-bond donors (Lipinski definition) is 1. The monoisotopic (exact) mass is 297 g/mol. The van der Waals surface area contributed by atoms with E-state index < -0.39 is 0 Å². The Balaban J connectivity index is 2.14. The predicted molar refractivity (Wildman–Crippen MR) is 85.5 cm³/mol. The molecule has 0 spiro atoms. The summed E-state index contributed by atoms with van der Waals surface area (Å²) in [6, 6.07) is 9.99. The molecule has 4 nitrogen and oxygen atoms in total. The quantitative estimate of drug-likeness (QED) is 0.742. The van der Waals surface area contributed by atoms with Gasteiger partial charge in [0.25, 0.3) is 0 Å². The Kier molecular flexibility index (Phi) is 4.03. The molecule has 0 saturated carbocycles. The van der Waals surface area contributed by atoms with Crippen LogP contribution >= 0.6 is 12.2 Å². The first kappa shape index (κ1) is 13.9. The maximum absolute atomic E-state index is 5.40. The van der Waals surface area contributed by atoms with Crippen LogP contribution in [-0.4, -0.2) is 21.6 Å². The summed E-state index contributed by atoms with van der Waals surface area (Å²) in [5.74, 6) is 0.729. The van der Waals surface area contributed by atoms with Crippen molar-refractivity contribution in [2.24, 2.45) is 0 Å². The fraction of sp³-hybridized carbons (Fsp3) is 0.188. The number of benzene rings is 1. The average molecular weight is 297 g/mol. The van der Waals surface area contributed by atoms with Crippen molar-refractivity contribution in [2.45, 2.75) is 13.5 Å². The molecule has 106 valence electrons. The van der Waals surface area contributed by atoms with E-state index in [1.54, 1.807) is 0 Å². The summed E-state index contributed by atoms with van der Waals surface area (Å²) in [4.78, 5) is 11.9. The van der Waals surface area contributed by atoms with E-state index in [9.17, 15) is 0 Å². The molecule has 2 aromatic heterocycles. The van der Waals surface area contributed by atoms with Crippen molar-refractivity contribution in [3.63, 3.8) is 0 Å². The van der Waals surface area contributed by atoms with Crippen LogP contribution in [0.25, 0.3) is 22.0 Å². The molecule has 1 N–H and O–H groups in total. The number of aromatic nitrogens is 3. The van der Waals surface area contributed by atoms with Gasteiger partial charge in [0.2, 0.25) is 0 Å². The van der Waals surface area contributed by atoms with Gasteiger partial charge in [0.05, 0.1) is 5.69 Å². The maximum Gasteiger partial charge on any atom is 0.134 e. The minimum atomic E-state index is 0.423. The number of ether oxygens (including phenoxy) is 1. The van der Waals surface area contributed by atoms with Crippen molar-refractivity contribution < 1.29 is 4.74 Å². The molecule has 0 saturated heterocycles. The summed E-state index contributed by atoms with van der Waals surface area (Å²) < 4.78 is 5.94. The van der Waals surface area contributed by atoms with Crippen molar-refractivity contribution in [3.8, 4) is 11.3 Å². The van der Waals surface area contributed by atoms with Gasteiger partial charge in [-0.3, -0.25) is 4.98 Å². The first-order valence-electron chi connectivity index (χ1n) is 6.79. The van der Waals surface area contributed by atoms with Gasteiger partial charge in [-0.15, -0.1) is 0 Å².